The monoisotopic (exact) mass is 260 g/mol. The number of thiocarbonyl (C=S) groups is 2. The Kier molecular flexibility index (Phi) is 8.42. The van der Waals surface area contributed by atoms with E-state index in [1.807, 2.05) is 0 Å². The molecule has 0 amide bonds. The van der Waals surface area contributed by atoms with Gasteiger partial charge in [-0.25, -0.2) is 4.99 Å². The van der Waals surface area contributed by atoms with E-state index in [0.717, 1.165) is 0 Å². The second kappa shape index (κ2) is 7.69. The Morgan fingerprint density at radius 3 is 2.27 bits per heavy atom. The van der Waals surface area contributed by atoms with Gasteiger partial charge in [-0.15, -0.1) is 0 Å². The first-order chi connectivity index (χ1) is 5.16. The third kappa shape index (κ3) is 8.96. The highest BCUT2D eigenvalue weighted by atomic mass is 33.7. The van der Waals surface area contributed by atoms with Crippen LogP contribution in [0, 0.1) is 0 Å². The van der Waals surface area contributed by atoms with Crippen LogP contribution in [0.4, 0.5) is 0 Å². The average molecular weight is 260 g/mol. The van der Waals surface area contributed by atoms with E-state index in [-0.39, 0.29) is 0 Å². The van der Waals surface area contributed by atoms with Crippen LogP contribution in [0.5, 0.6) is 0 Å². The number of nitrogens with zero attached hydrogens (tertiary/aromatic N) is 1. The number of hydrogen-bond acceptors (Lipinski definition) is 6. The molecule has 0 unspecified atom stereocenters. The van der Waals surface area contributed by atoms with Gasteiger partial charge in [0.2, 0.25) is 0 Å². The third-order valence-electron chi connectivity index (χ3n) is 0.378. The van der Waals surface area contributed by atoms with Gasteiger partial charge in [0.15, 0.2) is 4.32 Å². The summed E-state index contributed by atoms with van der Waals surface area (Å²) in [6.07, 6.45) is 0. The van der Waals surface area contributed by atoms with E-state index in [0.29, 0.717) is 8.64 Å². The van der Waals surface area contributed by atoms with Crippen molar-refractivity contribution in [3.05, 3.63) is 0 Å². The first kappa shape index (κ1) is 12.0. The van der Waals surface area contributed by atoms with Crippen LogP contribution in [0.2, 0.25) is 0 Å². The topological polar surface area (TPSA) is 38.4 Å². The van der Waals surface area contributed by atoms with E-state index in [2.05, 4.69) is 23.9 Å². The minimum absolute atomic E-state index is 0.417. The van der Waals surface area contributed by atoms with E-state index in [1.54, 1.807) is 0 Å². The minimum Gasteiger partial charge on any atom is -0.384 e. The Balaban J connectivity index is 3.21. The smallest absolute Gasteiger partial charge is 0.170 e. The summed E-state index contributed by atoms with van der Waals surface area (Å²) in [7, 11) is 5.62. The molecule has 0 spiro atoms. The van der Waals surface area contributed by atoms with E-state index < -0.39 is 0 Å². The quantitative estimate of drug-likeness (QED) is 0.362. The van der Waals surface area contributed by atoms with Gasteiger partial charge in [0.25, 0.3) is 0 Å². The number of hydrogen-bond donors (Lipinski definition) is 1. The van der Waals surface area contributed by atoms with Crippen LogP contribution in [0.1, 0.15) is 0 Å². The highest BCUT2D eigenvalue weighted by Gasteiger charge is 1.96. The number of aliphatic imine (C=N–C) groups is 1. The zero-order chi connectivity index (χ0) is 8.69. The summed E-state index contributed by atoms with van der Waals surface area (Å²) < 4.78 is 0.937. The normalized spacial score (nSPS) is 9.09. The maximum absolute atomic E-state index is 5.22. The first-order valence-corrected chi connectivity index (χ1v) is 7.78. The molecule has 11 heavy (non-hydrogen) atoms. The molecule has 0 aromatic heterocycles. The molecule has 8 heteroatoms. The van der Waals surface area contributed by atoms with E-state index in [4.69, 9.17) is 18.0 Å². The molecule has 62 valence electrons. The maximum atomic E-state index is 5.22. The predicted octanol–water partition coefficient (Wildman–Crippen LogP) is 2.89. The molecule has 0 atom stereocenters. The summed E-state index contributed by atoms with van der Waals surface area (Å²) in [6, 6.07) is 0. The van der Waals surface area contributed by atoms with Gasteiger partial charge < -0.3 is 5.73 Å². The summed E-state index contributed by atoms with van der Waals surface area (Å²) in [5, 5.41) is 0. The lowest BCUT2D eigenvalue weighted by Gasteiger charge is -1.94. The summed E-state index contributed by atoms with van der Waals surface area (Å²) in [5.74, 6) is 0. The largest absolute Gasteiger partial charge is 0.384 e. The van der Waals surface area contributed by atoms with Crippen LogP contribution in [-0.2, 0) is 0 Å². The van der Waals surface area contributed by atoms with Crippen molar-refractivity contribution in [2.45, 2.75) is 0 Å². The standard InChI is InChI=1S/C3H4N2S6/c1-5-3(7)9-11-10-8-2(4)6/h1H2,(H2,4,6). The molecule has 2 nitrogen and oxygen atoms in total. The van der Waals surface area contributed by atoms with E-state index >= 15 is 0 Å². The van der Waals surface area contributed by atoms with Crippen LogP contribution < -0.4 is 5.73 Å². The molecule has 0 aliphatic heterocycles. The zero-order valence-corrected chi connectivity index (χ0v) is 10.1. The Labute approximate surface area is 91.1 Å². The molecule has 0 saturated carbocycles. The molecular weight excluding hydrogens is 256 g/mol. The highest BCUT2D eigenvalue weighted by molar-refractivity contribution is 9.29. The molecule has 2 N–H and O–H groups in total. The second-order valence-corrected chi connectivity index (χ2v) is 8.09. The molecule has 0 aliphatic carbocycles. The van der Waals surface area contributed by atoms with Gasteiger partial charge >= 0.3 is 0 Å². The molecule has 0 radical (unpaired) electrons. The molecule has 0 saturated heterocycles. The SMILES string of the molecule is C=NC(=S)SSSSC(N)=S. The Hall–Kier alpha value is 1.05. The minimum atomic E-state index is 0.417. The predicted molar refractivity (Wildman–Crippen MR) is 69.3 cm³/mol. The third-order valence-corrected chi connectivity index (χ3v) is 7.08. The van der Waals surface area contributed by atoms with E-state index in [1.165, 1.54) is 41.2 Å². The van der Waals surface area contributed by atoms with Gasteiger partial charge in [-0.3, -0.25) is 0 Å². The molecule has 0 heterocycles. The van der Waals surface area contributed by atoms with Crippen molar-refractivity contribution in [3.63, 3.8) is 0 Å². The number of rotatable bonds is 3. The van der Waals surface area contributed by atoms with Gasteiger partial charge in [0.05, 0.1) is 0 Å². The lowest BCUT2D eigenvalue weighted by Crippen LogP contribution is -1.98. The molecule has 0 aliphatic rings. The average Bonchev–Trinajstić information content (AvgIpc) is 1.97. The van der Waals surface area contributed by atoms with Crippen LogP contribution in [0.25, 0.3) is 0 Å². The van der Waals surface area contributed by atoms with Crippen LogP contribution in [0.15, 0.2) is 4.99 Å². The summed E-state index contributed by atoms with van der Waals surface area (Å²) in [6.45, 7) is 3.28. The lowest BCUT2D eigenvalue weighted by molar-refractivity contribution is 1.91. The van der Waals surface area contributed by atoms with E-state index in [9.17, 15) is 0 Å². The summed E-state index contributed by atoms with van der Waals surface area (Å²) >= 11 is 9.39. The first-order valence-electron chi connectivity index (χ1n) is 2.15. The van der Waals surface area contributed by atoms with Gasteiger partial charge in [-0.2, -0.15) is 0 Å². The molecule has 0 rings (SSSR count). The van der Waals surface area contributed by atoms with Crippen LogP contribution in [0.3, 0.4) is 0 Å². The Morgan fingerprint density at radius 2 is 1.82 bits per heavy atom. The van der Waals surface area contributed by atoms with Crippen molar-refractivity contribution in [2.24, 2.45) is 10.7 Å². The highest BCUT2D eigenvalue weighted by Crippen LogP contribution is 2.43. The molecule has 0 bridgehead atoms. The van der Waals surface area contributed by atoms with Crippen molar-refractivity contribution < 1.29 is 0 Å². The Bertz CT molecular complexity index is 167. The van der Waals surface area contributed by atoms with Gasteiger partial charge in [0, 0.05) is 0 Å². The van der Waals surface area contributed by atoms with Crippen molar-refractivity contribution in [2.75, 3.05) is 0 Å². The Morgan fingerprint density at radius 1 is 1.27 bits per heavy atom. The van der Waals surface area contributed by atoms with Crippen LogP contribution in [-0.4, -0.2) is 15.4 Å². The van der Waals surface area contributed by atoms with Gasteiger partial charge in [0.1, 0.15) is 4.32 Å². The van der Waals surface area contributed by atoms with Gasteiger partial charge in [-0.05, 0) is 60.2 Å². The van der Waals surface area contributed by atoms with Crippen molar-refractivity contribution >= 4 is 81.0 Å². The second-order valence-electron chi connectivity index (χ2n) is 1.05. The molecule has 0 aromatic carbocycles. The molecular formula is C3H4N2S6. The summed E-state index contributed by atoms with van der Waals surface area (Å²) in [4.78, 5) is 3.54. The summed E-state index contributed by atoms with van der Waals surface area (Å²) in [5.41, 5.74) is 5.22. The van der Waals surface area contributed by atoms with Crippen molar-refractivity contribution in [3.8, 4) is 0 Å². The van der Waals surface area contributed by atoms with Crippen molar-refractivity contribution in [1.82, 2.24) is 0 Å². The lowest BCUT2D eigenvalue weighted by atomic mass is 11.4. The fraction of sp³-hybridized carbons (Fsp3) is 0. The fourth-order valence-electron chi connectivity index (χ4n) is 0.117. The fourth-order valence-corrected chi connectivity index (χ4v) is 5.68. The maximum Gasteiger partial charge on any atom is 0.170 e. The number of nitrogens with two attached hydrogens (primary N) is 1. The van der Waals surface area contributed by atoms with Crippen molar-refractivity contribution in [1.29, 1.82) is 0 Å². The molecule has 0 fully saturated rings. The zero-order valence-electron chi connectivity index (χ0n) is 5.18. The van der Waals surface area contributed by atoms with Crippen LogP contribution >= 0.6 is 65.7 Å². The van der Waals surface area contributed by atoms with Gasteiger partial charge in [-0.1, -0.05) is 12.2 Å². The molecule has 0 aromatic rings.